The highest BCUT2D eigenvalue weighted by molar-refractivity contribution is 7.98. The van der Waals surface area contributed by atoms with Gasteiger partial charge in [0.05, 0.1) is 6.04 Å². The topological polar surface area (TPSA) is 314 Å². The molecule has 0 saturated carbocycles. The van der Waals surface area contributed by atoms with Crippen molar-refractivity contribution in [2.45, 2.75) is 115 Å². The van der Waals surface area contributed by atoms with E-state index in [1.165, 1.54) is 40.9 Å². The maximum atomic E-state index is 14.4. The van der Waals surface area contributed by atoms with Gasteiger partial charge in [-0.2, -0.15) is 11.8 Å². The predicted molar refractivity (Wildman–Crippen MR) is 245 cm³/mol. The van der Waals surface area contributed by atoms with E-state index in [2.05, 4.69) is 31.6 Å². The number of phenolic OH excluding ortho intramolecular Hbond substituents is 1. The van der Waals surface area contributed by atoms with E-state index in [-0.39, 0.29) is 62.8 Å². The fourth-order valence-electron chi connectivity index (χ4n) is 7.14. The number of nitrogens with one attached hydrogen (secondary N) is 5. The predicted octanol–water partition coefficient (Wildman–Crippen LogP) is 0.123. The first kappa shape index (κ1) is 52.5. The molecule has 6 amide bonds. The van der Waals surface area contributed by atoms with Crippen LogP contribution in [0.3, 0.4) is 0 Å². The van der Waals surface area contributed by atoms with Gasteiger partial charge in [0.15, 0.2) is 5.96 Å². The second-order valence-corrected chi connectivity index (χ2v) is 17.6. The summed E-state index contributed by atoms with van der Waals surface area (Å²) in [6.07, 6.45) is 3.28. The lowest BCUT2D eigenvalue weighted by molar-refractivity contribution is -0.143. The van der Waals surface area contributed by atoms with Crippen LogP contribution in [0.4, 0.5) is 0 Å². The molecule has 0 radical (unpaired) electrons. The van der Waals surface area contributed by atoms with Crippen molar-refractivity contribution < 1.29 is 43.8 Å². The maximum absolute atomic E-state index is 14.4. The number of carbonyl (C=O) groups is 7. The molecule has 0 unspecified atom stereocenters. The number of aromatic hydroxyl groups is 1. The summed E-state index contributed by atoms with van der Waals surface area (Å²) < 4.78 is 0. The zero-order valence-electron chi connectivity index (χ0n) is 37.3. The summed E-state index contributed by atoms with van der Waals surface area (Å²) in [5.74, 6) is -5.46. The number of guanidine groups is 1. The number of thioether (sulfide) groups is 1. The van der Waals surface area contributed by atoms with Crippen LogP contribution in [0.1, 0.15) is 70.9 Å². The monoisotopic (exact) mass is 910 g/mol. The van der Waals surface area contributed by atoms with Crippen molar-refractivity contribution in [2.75, 3.05) is 25.1 Å². The summed E-state index contributed by atoms with van der Waals surface area (Å²) in [6, 6.07) is 6.91. The third-order valence-electron chi connectivity index (χ3n) is 10.8. The third kappa shape index (κ3) is 16.7. The van der Waals surface area contributed by atoms with Gasteiger partial charge in [-0.15, -0.1) is 0 Å². The van der Waals surface area contributed by atoms with Gasteiger partial charge in [-0.1, -0.05) is 70.2 Å². The molecule has 3 rings (SSSR count). The molecule has 1 aliphatic rings. The number of carbonyl (C=O) groups excluding carboxylic acids is 6. The number of hydrogen-bond acceptors (Lipinski definition) is 11. The number of nitrogens with two attached hydrogens (primary N) is 3. The molecule has 1 aliphatic heterocycles. The zero-order valence-corrected chi connectivity index (χ0v) is 38.1. The lowest BCUT2D eigenvalue weighted by atomic mass is 9.99. The van der Waals surface area contributed by atoms with Crippen molar-refractivity contribution in [3.05, 3.63) is 65.7 Å². The molecule has 1 heterocycles. The van der Waals surface area contributed by atoms with Crippen molar-refractivity contribution >= 4 is 59.1 Å². The molecule has 7 atom stereocenters. The van der Waals surface area contributed by atoms with Crippen LogP contribution in [0.5, 0.6) is 5.75 Å². The smallest absolute Gasteiger partial charge is 0.326 e. The SMILES string of the molecule is CSCC[C@H](N)C(=O)N[C@H](C(=O)N[C@@H](CCCN=C(N)N)C(=O)N1CCC[C@H]1C(=O)N[C@@H](Cc1ccccc1)C(=O)N[C@H](C(=O)N[C@@H](Cc1ccc(O)cc1)C(=O)O)C(C)C)C(C)C. The Morgan fingerprint density at radius 2 is 1.31 bits per heavy atom. The molecule has 0 spiro atoms. The molecule has 352 valence electrons. The number of carboxylic acids is 1. The molecule has 1 saturated heterocycles. The minimum absolute atomic E-state index is 0.00240. The Labute approximate surface area is 378 Å². The Hall–Kier alpha value is -5.89. The van der Waals surface area contributed by atoms with Crippen LogP contribution in [0.25, 0.3) is 0 Å². The molecule has 0 aromatic heterocycles. The summed E-state index contributed by atoms with van der Waals surface area (Å²) in [7, 11) is 0. The first-order chi connectivity index (χ1) is 30.3. The van der Waals surface area contributed by atoms with Gasteiger partial charge < -0.3 is 58.9 Å². The minimum Gasteiger partial charge on any atom is -0.508 e. The highest BCUT2D eigenvalue weighted by Gasteiger charge is 2.40. The number of aliphatic carboxylic acids is 1. The molecule has 64 heavy (non-hydrogen) atoms. The minimum atomic E-state index is -1.36. The van der Waals surface area contributed by atoms with Gasteiger partial charge in [-0.25, -0.2) is 4.79 Å². The van der Waals surface area contributed by atoms with Gasteiger partial charge in [0.1, 0.15) is 42.0 Å². The lowest BCUT2D eigenvalue weighted by Gasteiger charge is -2.31. The number of amides is 6. The Morgan fingerprint density at radius 3 is 1.88 bits per heavy atom. The number of carboxylic acid groups (broad SMARTS) is 1. The van der Waals surface area contributed by atoms with Crippen molar-refractivity contribution in [1.29, 1.82) is 0 Å². The van der Waals surface area contributed by atoms with Crippen LogP contribution >= 0.6 is 11.8 Å². The number of hydrogen-bond donors (Lipinski definition) is 10. The normalized spacial score (nSPS) is 16.4. The summed E-state index contributed by atoms with van der Waals surface area (Å²) in [4.78, 5) is 101. The van der Waals surface area contributed by atoms with Gasteiger partial charge >= 0.3 is 5.97 Å². The zero-order chi connectivity index (χ0) is 47.5. The van der Waals surface area contributed by atoms with E-state index in [0.717, 1.165) is 0 Å². The van der Waals surface area contributed by atoms with Crippen LogP contribution in [-0.2, 0) is 46.4 Å². The highest BCUT2D eigenvalue weighted by atomic mass is 32.2. The molecule has 0 aliphatic carbocycles. The third-order valence-corrected chi connectivity index (χ3v) is 11.4. The Morgan fingerprint density at radius 1 is 0.750 bits per heavy atom. The van der Waals surface area contributed by atoms with Gasteiger partial charge in [0.25, 0.3) is 0 Å². The number of likely N-dealkylation sites (tertiary alicyclic amines) is 1. The average molecular weight is 911 g/mol. The first-order valence-electron chi connectivity index (χ1n) is 21.5. The summed E-state index contributed by atoms with van der Waals surface area (Å²) in [5.41, 5.74) is 18.3. The van der Waals surface area contributed by atoms with Crippen LogP contribution in [0, 0.1) is 11.8 Å². The Kier molecular flexibility index (Phi) is 21.3. The van der Waals surface area contributed by atoms with Crippen LogP contribution in [0.15, 0.2) is 59.6 Å². The Balaban J connectivity index is 1.85. The quantitative estimate of drug-likeness (QED) is 0.0360. The molecule has 19 nitrogen and oxygen atoms in total. The van der Waals surface area contributed by atoms with Gasteiger partial charge in [-0.05, 0) is 79.2 Å². The van der Waals surface area contributed by atoms with E-state index in [1.54, 1.807) is 58.0 Å². The molecule has 0 bridgehead atoms. The second kappa shape index (κ2) is 26.0. The van der Waals surface area contributed by atoms with E-state index in [1.807, 2.05) is 6.26 Å². The van der Waals surface area contributed by atoms with Gasteiger partial charge in [-0.3, -0.25) is 33.8 Å². The van der Waals surface area contributed by atoms with Crippen molar-refractivity contribution in [3.63, 3.8) is 0 Å². The van der Waals surface area contributed by atoms with E-state index >= 15 is 0 Å². The molecular formula is C44H66N10O9S. The molecular weight excluding hydrogens is 845 g/mol. The van der Waals surface area contributed by atoms with E-state index < -0.39 is 89.6 Å². The van der Waals surface area contributed by atoms with E-state index in [9.17, 15) is 43.8 Å². The van der Waals surface area contributed by atoms with Crippen LogP contribution in [0.2, 0.25) is 0 Å². The second-order valence-electron chi connectivity index (χ2n) is 16.6. The number of aliphatic imine (C=N–C) groups is 1. The summed E-state index contributed by atoms with van der Waals surface area (Å²) in [6.45, 7) is 7.18. The first-order valence-corrected chi connectivity index (χ1v) is 22.9. The molecule has 13 N–H and O–H groups in total. The average Bonchev–Trinajstić information content (AvgIpc) is 3.75. The van der Waals surface area contributed by atoms with Crippen molar-refractivity contribution in [1.82, 2.24) is 31.5 Å². The number of rotatable bonds is 25. The number of benzene rings is 2. The fourth-order valence-corrected chi connectivity index (χ4v) is 7.63. The van der Waals surface area contributed by atoms with Gasteiger partial charge in [0, 0.05) is 25.9 Å². The van der Waals surface area contributed by atoms with E-state index in [0.29, 0.717) is 29.7 Å². The highest BCUT2D eigenvalue weighted by Crippen LogP contribution is 2.21. The number of phenols is 1. The standard InChI is InChI=1S/C44H66N10O9S/c1-25(2)35(52-37(56)30(45)19-22-64-5)40(59)49-31(13-9-20-48-44(46)47)42(61)54-21-10-14-34(54)39(58)50-32(23-27-11-7-6-8-12-27)38(57)53-36(26(3)4)41(60)51-33(43(62)63)24-28-15-17-29(55)18-16-28/h6-8,11-12,15-18,25-26,30-36,55H,9-10,13-14,19-24,45H2,1-5H3,(H,49,59)(H,50,58)(H,51,60)(H,52,56)(H,53,57)(H,62,63)(H4,46,47,48)/t30-,31-,32-,33-,34-,35-,36-/m0/s1. The fraction of sp³-hybridized carbons (Fsp3) is 0.545. The molecule has 20 heteroatoms. The van der Waals surface area contributed by atoms with Crippen LogP contribution < -0.4 is 43.8 Å². The van der Waals surface area contributed by atoms with Crippen molar-refractivity contribution in [3.8, 4) is 5.75 Å². The van der Waals surface area contributed by atoms with Gasteiger partial charge in [0.2, 0.25) is 35.4 Å². The summed E-state index contributed by atoms with van der Waals surface area (Å²) >= 11 is 1.54. The largest absolute Gasteiger partial charge is 0.508 e. The van der Waals surface area contributed by atoms with Crippen molar-refractivity contribution in [2.24, 2.45) is 34.0 Å². The molecule has 1 fully saturated rings. The lowest BCUT2D eigenvalue weighted by Crippen LogP contribution is -2.60. The maximum Gasteiger partial charge on any atom is 0.326 e. The Bertz CT molecular complexity index is 1910. The molecule has 2 aromatic carbocycles. The number of nitrogens with zero attached hydrogens (tertiary/aromatic N) is 2. The molecule has 2 aromatic rings. The summed E-state index contributed by atoms with van der Waals surface area (Å²) in [5, 5.41) is 33.2. The van der Waals surface area contributed by atoms with E-state index in [4.69, 9.17) is 17.2 Å². The van der Waals surface area contributed by atoms with Crippen LogP contribution in [-0.4, -0.2) is 130 Å².